The first kappa shape index (κ1) is 22.3. The highest BCUT2D eigenvalue weighted by Gasteiger charge is 2.12. The molecule has 5 heteroatoms. The van der Waals surface area contributed by atoms with Gasteiger partial charge in [0.1, 0.15) is 15.0 Å². The molecule has 170 valence electrons. The molecule has 4 aromatic carbocycles. The topological polar surface area (TPSA) is 54.6 Å². The van der Waals surface area contributed by atoms with Gasteiger partial charge < -0.3 is 5.11 Å². The number of benzene rings is 4. The molecule has 35 heavy (non-hydrogen) atoms. The first-order valence-electron chi connectivity index (χ1n) is 11.2. The highest BCUT2D eigenvalue weighted by atomic mass is 32.1. The van der Waals surface area contributed by atoms with E-state index in [2.05, 4.69) is 0 Å². The Kier molecular flexibility index (Phi) is 6.50. The van der Waals surface area contributed by atoms with Crippen LogP contribution in [0.1, 0.15) is 15.9 Å². The van der Waals surface area contributed by atoms with Crippen LogP contribution in [0.5, 0.6) is 0 Å². The van der Waals surface area contributed by atoms with Gasteiger partial charge in [0.15, 0.2) is 11.3 Å². The summed E-state index contributed by atoms with van der Waals surface area (Å²) in [5.74, 6) is -0.00434. The lowest BCUT2D eigenvalue weighted by molar-refractivity contribution is 0.106. The van der Waals surface area contributed by atoms with E-state index in [0.29, 0.717) is 25.8 Å². The van der Waals surface area contributed by atoms with E-state index >= 15 is 0 Å². The summed E-state index contributed by atoms with van der Waals surface area (Å²) in [7, 11) is 0. The minimum Gasteiger partial charge on any atom is -0.506 e. The van der Waals surface area contributed by atoms with Crippen molar-refractivity contribution in [2.45, 2.75) is 0 Å². The molecule has 1 heterocycles. The second kappa shape index (κ2) is 10.2. The summed E-state index contributed by atoms with van der Waals surface area (Å²) in [6.07, 6.45) is 1.61. The second-order valence-electron chi connectivity index (χ2n) is 7.80. The molecular weight excluding hydrogens is 452 g/mol. The predicted octanol–water partition coefficient (Wildman–Crippen LogP) is 5.15. The van der Waals surface area contributed by atoms with E-state index < -0.39 is 0 Å². The average molecular weight is 475 g/mol. The van der Waals surface area contributed by atoms with Crippen molar-refractivity contribution < 1.29 is 9.90 Å². The lowest BCUT2D eigenvalue weighted by Crippen LogP contribution is -2.33. The van der Waals surface area contributed by atoms with Crippen molar-refractivity contribution in [2.75, 3.05) is 0 Å². The normalized spacial score (nSPS) is 13.0. The van der Waals surface area contributed by atoms with Gasteiger partial charge in [0.05, 0.1) is 5.69 Å². The van der Waals surface area contributed by atoms with Crippen molar-refractivity contribution >= 4 is 34.6 Å². The number of Topliss-reactive ketones (excluding diaryl/α,β-unsaturated/α-hetero) is 1. The van der Waals surface area contributed by atoms with Gasteiger partial charge in [-0.25, -0.2) is 4.99 Å². The van der Waals surface area contributed by atoms with Crippen LogP contribution >= 0.6 is 11.3 Å². The lowest BCUT2D eigenvalue weighted by Gasteiger charge is -2.04. The number of aromatic nitrogens is 1. The zero-order valence-electron chi connectivity index (χ0n) is 18.8. The fourth-order valence-electron chi connectivity index (χ4n) is 3.73. The molecule has 4 nitrogen and oxygen atoms in total. The summed E-state index contributed by atoms with van der Waals surface area (Å²) in [5.41, 5.74) is 3.43. The average Bonchev–Trinajstić information content (AvgIpc) is 3.27. The SMILES string of the molecule is O=C(/C=c1/s/c(=C(/O)c2ccccc2)c(=Nc2ccccc2)n1-c1ccccc1)c1ccccc1. The van der Waals surface area contributed by atoms with Crippen molar-refractivity contribution in [3.63, 3.8) is 0 Å². The maximum atomic E-state index is 13.2. The highest BCUT2D eigenvalue weighted by Crippen LogP contribution is 2.11. The monoisotopic (exact) mass is 474 g/mol. The Morgan fingerprint density at radius 1 is 0.714 bits per heavy atom. The van der Waals surface area contributed by atoms with E-state index in [1.54, 1.807) is 18.2 Å². The van der Waals surface area contributed by atoms with E-state index in [1.165, 1.54) is 11.3 Å². The Labute approximate surface area is 206 Å². The first-order chi connectivity index (χ1) is 17.2. The van der Waals surface area contributed by atoms with Gasteiger partial charge in [0.2, 0.25) is 0 Å². The zero-order chi connectivity index (χ0) is 24.0. The van der Waals surface area contributed by atoms with E-state index in [1.807, 2.05) is 114 Å². The molecule has 0 aliphatic carbocycles. The summed E-state index contributed by atoms with van der Waals surface area (Å²) in [5, 5.41) is 11.3. The largest absolute Gasteiger partial charge is 0.506 e. The third-order valence-corrected chi connectivity index (χ3v) is 6.51. The molecule has 0 bridgehead atoms. The Morgan fingerprint density at radius 2 is 1.23 bits per heavy atom. The molecule has 1 aromatic heterocycles. The van der Waals surface area contributed by atoms with E-state index in [9.17, 15) is 9.90 Å². The van der Waals surface area contributed by atoms with Crippen LogP contribution in [0.2, 0.25) is 0 Å². The van der Waals surface area contributed by atoms with Crippen molar-refractivity contribution in [3.8, 4) is 5.69 Å². The van der Waals surface area contributed by atoms with Crippen LogP contribution in [0.15, 0.2) is 126 Å². The number of carbonyl (C=O) groups is 1. The van der Waals surface area contributed by atoms with Crippen molar-refractivity contribution in [1.82, 2.24) is 4.57 Å². The van der Waals surface area contributed by atoms with Crippen LogP contribution in [-0.4, -0.2) is 15.5 Å². The molecule has 0 atom stereocenters. The summed E-state index contributed by atoms with van der Waals surface area (Å²) in [4.78, 5) is 18.1. The molecule has 0 aliphatic heterocycles. The number of aliphatic hydroxyl groups excluding tert-OH is 1. The van der Waals surface area contributed by atoms with Crippen LogP contribution in [0.3, 0.4) is 0 Å². The Bertz CT molecular complexity index is 1640. The number of para-hydroxylation sites is 2. The molecular formula is C30H22N2O2S. The van der Waals surface area contributed by atoms with E-state index in [-0.39, 0.29) is 11.5 Å². The number of carbonyl (C=O) groups excluding carboxylic acids is 1. The molecule has 5 aromatic rings. The summed E-state index contributed by atoms with van der Waals surface area (Å²) < 4.78 is 3.17. The second-order valence-corrected chi connectivity index (χ2v) is 8.83. The Hall–Kier alpha value is -4.48. The maximum absolute atomic E-state index is 13.2. The molecule has 0 saturated heterocycles. The van der Waals surface area contributed by atoms with Gasteiger partial charge in [-0.1, -0.05) is 97.1 Å². The van der Waals surface area contributed by atoms with Crippen molar-refractivity contribution in [2.24, 2.45) is 4.99 Å². The third-order valence-electron chi connectivity index (χ3n) is 5.42. The van der Waals surface area contributed by atoms with Gasteiger partial charge in [0, 0.05) is 22.9 Å². The number of nitrogens with zero attached hydrogens (tertiary/aromatic N) is 2. The molecule has 5 rings (SSSR count). The van der Waals surface area contributed by atoms with Gasteiger partial charge in [0.25, 0.3) is 0 Å². The number of ketones is 1. The minimum absolute atomic E-state index is 0.113. The minimum atomic E-state index is -0.117. The summed E-state index contributed by atoms with van der Waals surface area (Å²) in [6, 6.07) is 37.9. The van der Waals surface area contributed by atoms with Gasteiger partial charge in [-0.2, -0.15) is 0 Å². The van der Waals surface area contributed by atoms with Crippen molar-refractivity contribution in [1.29, 1.82) is 0 Å². The van der Waals surface area contributed by atoms with Crippen LogP contribution in [-0.2, 0) is 0 Å². The lowest BCUT2D eigenvalue weighted by atomic mass is 10.1. The predicted molar refractivity (Wildman–Crippen MR) is 141 cm³/mol. The number of aliphatic hydroxyl groups is 1. The van der Waals surface area contributed by atoms with E-state index in [4.69, 9.17) is 4.99 Å². The fraction of sp³-hybridized carbons (Fsp3) is 0. The molecule has 0 aliphatic rings. The number of hydrogen-bond acceptors (Lipinski definition) is 4. The number of rotatable bonds is 5. The molecule has 0 saturated carbocycles. The van der Waals surface area contributed by atoms with Crippen LogP contribution in [0.25, 0.3) is 17.5 Å². The fourth-order valence-corrected chi connectivity index (χ4v) is 4.83. The summed E-state index contributed by atoms with van der Waals surface area (Å²) >= 11 is 1.33. The van der Waals surface area contributed by atoms with Gasteiger partial charge in [-0.15, -0.1) is 11.3 Å². The van der Waals surface area contributed by atoms with Crippen LogP contribution in [0, 0.1) is 0 Å². The zero-order valence-corrected chi connectivity index (χ0v) is 19.6. The van der Waals surface area contributed by atoms with E-state index in [0.717, 1.165) is 11.4 Å². The summed E-state index contributed by atoms with van der Waals surface area (Å²) in [6.45, 7) is 0. The maximum Gasteiger partial charge on any atom is 0.188 e. The highest BCUT2D eigenvalue weighted by molar-refractivity contribution is 7.07. The van der Waals surface area contributed by atoms with Crippen molar-refractivity contribution in [3.05, 3.63) is 147 Å². The quantitative estimate of drug-likeness (QED) is 0.358. The molecule has 0 radical (unpaired) electrons. The van der Waals surface area contributed by atoms with Gasteiger partial charge >= 0.3 is 0 Å². The smallest absolute Gasteiger partial charge is 0.188 e. The Balaban J connectivity index is 1.89. The van der Waals surface area contributed by atoms with Gasteiger partial charge in [-0.3, -0.25) is 9.36 Å². The first-order valence-corrected chi connectivity index (χ1v) is 12.0. The Morgan fingerprint density at radius 3 is 1.83 bits per heavy atom. The third kappa shape index (κ3) is 4.90. The standard InChI is InChI=1S/C30H22N2O2S/c33-26(22-13-5-1-6-14-22)21-27-32(25-19-11-4-12-20-25)30(31-24-17-9-3-10-18-24)29(35-27)28(34)23-15-7-2-8-16-23/h1-21,34H/b27-21+,29-28+,31-30?. The van der Waals surface area contributed by atoms with Crippen LogP contribution in [0.4, 0.5) is 5.69 Å². The molecule has 1 N–H and O–H groups in total. The molecule has 0 unspecified atom stereocenters. The molecule has 0 spiro atoms. The molecule has 0 fully saturated rings. The number of thiazole rings is 1. The molecule has 0 amide bonds. The van der Waals surface area contributed by atoms with Gasteiger partial charge in [-0.05, 0) is 24.3 Å². The van der Waals surface area contributed by atoms with Crippen LogP contribution < -0.4 is 14.7 Å². The number of hydrogen-bond donors (Lipinski definition) is 1.